The number of hydrogen-bond donors (Lipinski definition) is 3. The van der Waals surface area contributed by atoms with Crippen LogP contribution in [0.25, 0.3) is 44.1 Å². The first-order valence-corrected chi connectivity index (χ1v) is 24.3. The molecule has 0 aliphatic heterocycles. The van der Waals surface area contributed by atoms with Crippen molar-refractivity contribution < 1.29 is 48.0 Å². The molecule has 14 heteroatoms. The molecule has 0 bridgehead atoms. The lowest BCUT2D eigenvalue weighted by Gasteiger charge is -2.14. The Morgan fingerprint density at radius 3 is 1.30 bits per heavy atom. The van der Waals surface area contributed by atoms with Gasteiger partial charge in [-0.05, 0) is 119 Å². The highest BCUT2D eigenvalue weighted by Crippen LogP contribution is 2.45. The molecule has 10 rings (SSSR count). The number of rotatable bonds is 18. The highest BCUT2D eigenvalue weighted by atomic mass is 16.6. The van der Waals surface area contributed by atoms with Crippen molar-refractivity contribution >= 4 is 45.9 Å². The van der Waals surface area contributed by atoms with Crippen LogP contribution in [0.5, 0.6) is 11.5 Å². The van der Waals surface area contributed by atoms with Crippen LogP contribution in [0.4, 0.5) is 9.59 Å². The number of aromatic nitrogens is 2. The summed E-state index contributed by atoms with van der Waals surface area (Å²) in [6, 6.07) is 50.6. The van der Waals surface area contributed by atoms with Crippen molar-refractivity contribution in [3.05, 3.63) is 191 Å². The Morgan fingerprint density at radius 1 is 0.493 bits per heavy atom. The average Bonchev–Trinajstić information content (AvgIpc) is 3.93. The molecule has 0 fully saturated rings. The van der Waals surface area contributed by atoms with Gasteiger partial charge in [0.05, 0.1) is 31.4 Å². The van der Waals surface area contributed by atoms with Crippen molar-refractivity contribution in [3.8, 4) is 33.8 Å². The van der Waals surface area contributed by atoms with Crippen molar-refractivity contribution in [2.45, 2.75) is 37.5 Å². The third-order valence-corrected chi connectivity index (χ3v) is 12.8. The maximum atomic E-state index is 12.3. The van der Waals surface area contributed by atoms with E-state index in [1.807, 2.05) is 78.9 Å². The third-order valence-electron chi connectivity index (χ3n) is 12.8. The molecule has 0 spiro atoms. The van der Waals surface area contributed by atoms with Gasteiger partial charge in [0.25, 0.3) is 0 Å². The van der Waals surface area contributed by atoms with Crippen molar-refractivity contribution in [2.75, 3.05) is 46.6 Å². The lowest BCUT2D eigenvalue weighted by atomic mass is 9.98. The number of carbonyl (C=O) groups is 4. The molecule has 73 heavy (non-hydrogen) atoms. The number of carboxylic acids is 1. The van der Waals surface area contributed by atoms with Crippen LogP contribution in [-0.4, -0.2) is 85.8 Å². The van der Waals surface area contributed by atoms with Crippen LogP contribution in [0.2, 0.25) is 0 Å². The van der Waals surface area contributed by atoms with E-state index in [4.69, 9.17) is 28.8 Å². The number of carboxylic acid groups (broad SMARTS) is 1. The summed E-state index contributed by atoms with van der Waals surface area (Å²) in [4.78, 5) is 55.6. The van der Waals surface area contributed by atoms with Crippen LogP contribution in [-0.2, 0) is 14.2 Å². The molecule has 2 heterocycles. The van der Waals surface area contributed by atoms with Gasteiger partial charge in [0.2, 0.25) is 0 Å². The van der Waals surface area contributed by atoms with E-state index in [0.717, 1.165) is 42.2 Å². The minimum Gasteiger partial charge on any atom is -0.494 e. The highest BCUT2D eigenvalue weighted by Gasteiger charge is 2.30. The molecular formula is C59H54N4O10. The summed E-state index contributed by atoms with van der Waals surface area (Å²) in [5, 5.41) is 16.4. The van der Waals surface area contributed by atoms with Gasteiger partial charge in [-0.1, -0.05) is 109 Å². The van der Waals surface area contributed by atoms with E-state index < -0.39 is 24.1 Å². The molecule has 0 atom stereocenters. The third kappa shape index (κ3) is 11.9. The van der Waals surface area contributed by atoms with Gasteiger partial charge < -0.3 is 39.4 Å². The number of nitrogens with zero attached hydrogens (tertiary/aromatic N) is 2. The zero-order valence-electron chi connectivity index (χ0n) is 40.3. The number of aromatic carboxylic acids is 1. The fourth-order valence-corrected chi connectivity index (χ4v) is 9.24. The number of amides is 2. The number of ether oxygens (including phenoxy) is 5. The second-order valence-corrected chi connectivity index (χ2v) is 17.5. The molecule has 2 aliphatic rings. The van der Waals surface area contributed by atoms with Gasteiger partial charge in [0, 0.05) is 35.7 Å². The van der Waals surface area contributed by atoms with Crippen LogP contribution in [0, 0.1) is 0 Å². The van der Waals surface area contributed by atoms with Crippen LogP contribution in [0.15, 0.2) is 158 Å². The van der Waals surface area contributed by atoms with Crippen LogP contribution in [0.1, 0.15) is 80.7 Å². The molecule has 6 aromatic carbocycles. The molecule has 2 aliphatic carbocycles. The number of hydrogen-bond acceptors (Lipinski definition) is 11. The summed E-state index contributed by atoms with van der Waals surface area (Å²) in [7, 11) is 1.33. The molecular weight excluding hydrogens is 925 g/mol. The molecule has 370 valence electrons. The molecule has 0 saturated carbocycles. The Balaban J connectivity index is 0.000000180. The first-order valence-electron chi connectivity index (χ1n) is 24.3. The van der Waals surface area contributed by atoms with Crippen LogP contribution in [0.3, 0.4) is 0 Å². The predicted octanol–water partition coefficient (Wildman–Crippen LogP) is 11.3. The zero-order valence-corrected chi connectivity index (χ0v) is 40.3. The number of fused-ring (bicyclic) bond motifs is 8. The standard InChI is InChI=1S/C30H28N2O5.C29H26N2O5/c1-35-29(33)28-14-12-20-18-21(13-15-27(20)32-28)36-17-7-6-16-31-30(34)37-19-26-24-10-4-2-8-22(24)23-9-3-5-11-25(23)26;32-28(33)27-13-11-19-17-20(12-14-26(19)31-27)35-16-6-5-15-30-29(34)36-18-25-23-9-3-1-7-21(23)22-8-2-4-10-24(22)25/h2-5,8-15,18,26H,6-7,16-17,19H2,1H3,(H,31,34);1-4,7-14,17,25H,5-6,15-16,18H2,(H,30,34)(H,32,33). The Labute approximate surface area is 422 Å². The molecule has 0 saturated heterocycles. The predicted molar refractivity (Wildman–Crippen MR) is 277 cm³/mol. The lowest BCUT2D eigenvalue weighted by molar-refractivity contribution is 0.0593. The summed E-state index contributed by atoms with van der Waals surface area (Å²) < 4.78 is 27.5. The van der Waals surface area contributed by atoms with Gasteiger partial charge in [-0.3, -0.25) is 0 Å². The van der Waals surface area contributed by atoms with Crippen molar-refractivity contribution in [2.24, 2.45) is 0 Å². The maximum absolute atomic E-state index is 12.3. The van der Waals surface area contributed by atoms with E-state index in [1.165, 1.54) is 57.7 Å². The Morgan fingerprint density at radius 2 is 0.890 bits per heavy atom. The highest BCUT2D eigenvalue weighted by molar-refractivity contribution is 5.92. The number of esters is 1. The first-order chi connectivity index (χ1) is 35.7. The van der Waals surface area contributed by atoms with E-state index in [1.54, 1.807) is 24.3 Å². The quantitative estimate of drug-likeness (QED) is 0.0421. The number of carbonyl (C=O) groups excluding carboxylic acids is 3. The van der Waals surface area contributed by atoms with Gasteiger partial charge >= 0.3 is 24.1 Å². The van der Waals surface area contributed by atoms with Gasteiger partial charge in [-0.15, -0.1) is 0 Å². The van der Waals surface area contributed by atoms with Gasteiger partial charge in [0.1, 0.15) is 36.1 Å². The SMILES string of the molecule is COC(=O)c1ccc2cc(OCCCCNC(=O)OCC3c4ccccc4-c4ccccc43)ccc2n1.O=C(NCCCCOc1ccc2nc(C(=O)O)ccc2c1)OCC1c2ccccc2-c2ccccc21. The summed E-state index contributed by atoms with van der Waals surface area (Å²) in [5.41, 5.74) is 11.2. The van der Waals surface area contributed by atoms with E-state index in [-0.39, 0.29) is 23.2 Å². The molecule has 0 radical (unpaired) electrons. The second-order valence-electron chi connectivity index (χ2n) is 17.5. The van der Waals surface area contributed by atoms with Gasteiger partial charge in [0.15, 0.2) is 0 Å². The van der Waals surface area contributed by atoms with Crippen molar-refractivity contribution in [3.63, 3.8) is 0 Å². The molecule has 14 nitrogen and oxygen atoms in total. The number of nitrogens with one attached hydrogen (secondary N) is 2. The first kappa shape index (κ1) is 49.2. The minimum atomic E-state index is -1.05. The topological polar surface area (TPSA) is 184 Å². The zero-order chi connectivity index (χ0) is 50.5. The minimum absolute atomic E-state index is 0.0140. The van der Waals surface area contributed by atoms with Crippen molar-refractivity contribution in [1.29, 1.82) is 0 Å². The van der Waals surface area contributed by atoms with E-state index >= 15 is 0 Å². The largest absolute Gasteiger partial charge is 0.494 e. The number of unbranched alkanes of at least 4 members (excludes halogenated alkanes) is 2. The van der Waals surface area contributed by atoms with E-state index in [0.29, 0.717) is 56.3 Å². The molecule has 3 N–H and O–H groups in total. The Bertz CT molecular complexity index is 3200. The normalized spacial score (nSPS) is 12.1. The molecule has 0 unspecified atom stereocenters. The Hall–Kier alpha value is -8.78. The second kappa shape index (κ2) is 23.4. The van der Waals surface area contributed by atoms with E-state index in [2.05, 4.69) is 69.1 Å². The number of pyridine rings is 2. The number of methoxy groups -OCH3 is 1. The number of benzene rings is 6. The fourth-order valence-electron chi connectivity index (χ4n) is 9.24. The molecule has 2 amide bonds. The average molecular weight is 979 g/mol. The van der Waals surface area contributed by atoms with Crippen molar-refractivity contribution in [1.82, 2.24) is 20.6 Å². The summed E-state index contributed by atoms with van der Waals surface area (Å²) in [6.45, 7) is 2.64. The van der Waals surface area contributed by atoms with E-state index in [9.17, 15) is 19.2 Å². The summed E-state index contributed by atoms with van der Waals surface area (Å²) in [5.74, 6) is -0.000465. The Kier molecular flexibility index (Phi) is 15.8. The maximum Gasteiger partial charge on any atom is 0.407 e. The summed E-state index contributed by atoms with van der Waals surface area (Å²) >= 11 is 0. The van der Waals surface area contributed by atoms with Gasteiger partial charge in [-0.25, -0.2) is 29.1 Å². The van der Waals surface area contributed by atoms with Gasteiger partial charge in [-0.2, -0.15) is 0 Å². The summed E-state index contributed by atoms with van der Waals surface area (Å²) in [6.07, 6.45) is 2.24. The lowest BCUT2D eigenvalue weighted by Crippen LogP contribution is -2.27. The van der Waals surface area contributed by atoms with Crippen LogP contribution >= 0.6 is 0 Å². The fraction of sp³-hybridized carbons (Fsp3) is 0.220. The molecule has 2 aromatic heterocycles. The smallest absolute Gasteiger partial charge is 0.407 e. The van der Waals surface area contributed by atoms with Crippen LogP contribution < -0.4 is 20.1 Å². The number of alkyl carbamates (subject to hydrolysis) is 2. The monoisotopic (exact) mass is 978 g/mol. The molecule has 8 aromatic rings.